The fraction of sp³-hybridized carbons (Fsp3) is 0.292. The molecule has 1 amide bonds. The lowest BCUT2D eigenvalue weighted by molar-refractivity contribution is -0.858. The van der Waals surface area contributed by atoms with Crippen molar-refractivity contribution in [3.63, 3.8) is 0 Å². The first-order valence-corrected chi connectivity index (χ1v) is 10.7. The molecular weight excluding hydrogens is 432 g/mol. The van der Waals surface area contributed by atoms with Gasteiger partial charge in [-0.2, -0.15) is 0 Å². The highest BCUT2D eigenvalue weighted by atomic mass is 35.5. The van der Waals surface area contributed by atoms with Crippen molar-refractivity contribution in [3.8, 4) is 0 Å². The second kappa shape index (κ2) is 8.76. The molecule has 1 aromatic heterocycles. The number of esters is 1. The second-order valence-corrected chi connectivity index (χ2v) is 8.58. The van der Waals surface area contributed by atoms with E-state index in [9.17, 15) is 14.4 Å². The number of rotatable bonds is 6. The third-order valence-electron chi connectivity index (χ3n) is 5.65. The summed E-state index contributed by atoms with van der Waals surface area (Å²) in [4.78, 5) is 41.6. The molecular formula is C24H24ClN2O5+. The minimum Gasteiger partial charge on any atom is -0.465 e. The molecule has 1 aliphatic heterocycles. The van der Waals surface area contributed by atoms with Crippen LogP contribution in [0, 0.1) is 0 Å². The maximum Gasteiger partial charge on any atom is 0.337 e. The second-order valence-electron chi connectivity index (χ2n) is 8.14. The van der Waals surface area contributed by atoms with Gasteiger partial charge >= 0.3 is 5.97 Å². The van der Waals surface area contributed by atoms with Crippen molar-refractivity contribution in [1.29, 1.82) is 0 Å². The van der Waals surface area contributed by atoms with Gasteiger partial charge in [0.1, 0.15) is 5.58 Å². The Morgan fingerprint density at radius 3 is 2.53 bits per heavy atom. The zero-order valence-corrected chi connectivity index (χ0v) is 18.9. The summed E-state index contributed by atoms with van der Waals surface area (Å²) in [5, 5.41) is 0.749. The Kier molecular flexibility index (Phi) is 6.04. The number of hydrogen-bond donors (Lipinski definition) is 1. The summed E-state index contributed by atoms with van der Waals surface area (Å²) in [6, 6.07) is 10.9. The first-order chi connectivity index (χ1) is 15.3. The molecule has 1 aliphatic rings. The van der Waals surface area contributed by atoms with E-state index in [-0.39, 0.29) is 17.1 Å². The molecule has 1 atom stereocenters. The van der Waals surface area contributed by atoms with Crippen LogP contribution in [0.4, 0.5) is 0 Å². The fourth-order valence-corrected chi connectivity index (χ4v) is 4.26. The smallest absolute Gasteiger partial charge is 0.337 e. The molecule has 0 fully saturated rings. The lowest BCUT2D eigenvalue weighted by atomic mass is 9.97. The predicted molar refractivity (Wildman–Crippen MR) is 120 cm³/mol. The van der Waals surface area contributed by atoms with E-state index in [1.807, 2.05) is 14.1 Å². The molecule has 2 aromatic carbocycles. The van der Waals surface area contributed by atoms with Crippen molar-refractivity contribution in [1.82, 2.24) is 4.90 Å². The Labute approximate surface area is 190 Å². The van der Waals surface area contributed by atoms with Crippen LogP contribution in [0.3, 0.4) is 0 Å². The summed E-state index contributed by atoms with van der Waals surface area (Å²) in [7, 11) is 5.41. The van der Waals surface area contributed by atoms with E-state index in [4.69, 9.17) is 20.8 Å². The van der Waals surface area contributed by atoms with Crippen LogP contribution in [0.1, 0.15) is 44.5 Å². The van der Waals surface area contributed by atoms with Gasteiger partial charge < -0.3 is 19.0 Å². The van der Waals surface area contributed by atoms with Gasteiger partial charge in [0, 0.05) is 18.0 Å². The average Bonchev–Trinajstić information content (AvgIpc) is 3.06. The molecule has 7 nitrogen and oxygen atoms in total. The summed E-state index contributed by atoms with van der Waals surface area (Å²) in [6.07, 6.45) is 0.762. The van der Waals surface area contributed by atoms with Crippen LogP contribution in [0.15, 0.2) is 51.7 Å². The number of carbonyl (C=O) groups excluding carboxylic acids is 2. The zero-order chi connectivity index (χ0) is 23.0. The number of quaternary nitrogens is 1. The lowest BCUT2D eigenvalue weighted by Gasteiger charge is -2.25. The Balaban J connectivity index is 1.85. The molecule has 3 aromatic rings. The summed E-state index contributed by atoms with van der Waals surface area (Å²) < 4.78 is 10.7. The zero-order valence-electron chi connectivity index (χ0n) is 18.1. The van der Waals surface area contributed by atoms with E-state index in [0.717, 1.165) is 18.5 Å². The molecule has 32 heavy (non-hydrogen) atoms. The standard InChI is InChI=1S/C24H23ClN2O5/c1-26(2)11-4-12-27-20(14-5-7-15(8-6-14)24(30)31-3)19-21(28)17-13-16(25)9-10-18(17)32-22(19)23(27)29/h5-10,13,20H,4,11-12H2,1-3H3/p+1. The van der Waals surface area contributed by atoms with Crippen molar-refractivity contribution in [2.45, 2.75) is 12.5 Å². The lowest BCUT2D eigenvalue weighted by Crippen LogP contribution is -3.05. The van der Waals surface area contributed by atoms with Crippen molar-refractivity contribution in [3.05, 3.63) is 80.2 Å². The number of amides is 1. The van der Waals surface area contributed by atoms with E-state index in [1.54, 1.807) is 47.4 Å². The third kappa shape index (κ3) is 3.89. The van der Waals surface area contributed by atoms with Gasteiger partial charge in [-0.3, -0.25) is 9.59 Å². The van der Waals surface area contributed by atoms with Gasteiger partial charge in [-0.25, -0.2) is 4.79 Å². The van der Waals surface area contributed by atoms with Crippen LogP contribution in [0.2, 0.25) is 5.02 Å². The van der Waals surface area contributed by atoms with E-state index < -0.39 is 12.0 Å². The van der Waals surface area contributed by atoms with Crippen molar-refractivity contribution >= 4 is 34.4 Å². The van der Waals surface area contributed by atoms with E-state index in [1.165, 1.54) is 12.0 Å². The maximum atomic E-state index is 13.5. The minimum atomic E-state index is -0.610. The van der Waals surface area contributed by atoms with Crippen LogP contribution in [-0.2, 0) is 4.74 Å². The molecule has 166 valence electrons. The van der Waals surface area contributed by atoms with Crippen molar-refractivity contribution in [2.24, 2.45) is 0 Å². The summed E-state index contributed by atoms with van der Waals surface area (Å²) in [6.45, 7) is 1.33. The van der Waals surface area contributed by atoms with Crippen LogP contribution in [0.5, 0.6) is 0 Å². The fourth-order valence-electron chi connectivity index (χ4n) is 4.09. The first-order valence-electron chi connectivity index (χ1n) is 10.4. The SMILES string of the molecule is COC(=O)c1ccc(C2c3c(oc4ccc(Cl)cc4c3=O)C(=O)N2CCC[NH+](C)C)cc1. The quantitative estimate of drug-likeness (QED) is 0.577. The third-order valence-corrected chi connectivity index (χ3v) is 5.89. The number of ether oxygens (including phenoxy) is 1. The summed E-state index contributed by atoms with van der Waals surface area (Å²) >= 11 is 6.11. The number of methoxy groups -OCH3 is 1. The van der Waals surface area contributed by atoms with Gasteiger partial charge in [-0.15, -0.1) is 0 Å². The molecule has 0 radical (unpaired) electrons. The van der Waals surface area contributed by atoms with Gasteiger partial charge in [0.15, 0.2) is 5.43 Å². The molecule has 1 N–H and O–H groups in total. The van der Waals surface area contributed by atoms with Gasteiger partial charge in [-0.05, 0) is 35.9 Å². The average molecular weight is 456 g/mol. The Morgan fingerprint density at radius 1 is 1.16 bits per heavy atom. The molecule has 1 unspecified atom stereocenters. The highest BCUT2D eigenvalue weighted by Crippen LogP contribution is 2.38. The monoisotopic (exact) mass is 455 g/mol. The van der Waals surface area contributed by atoms with Crippen molar-refractivity contribution < 1.29 is 23.6 Å². The molecule has 0 spiro atoms. The molecule has 0 saturated heterocycles. The molecule has 8 heteroatoms. The molecule has 4 rings (SSSR count). The number of nitrogens with one attached hydrogen (secondary N) is 1. The summed E-state index contributed by atoms with van der Waals surface area (Å²) in [5.74, 6) is -0.709. The van der Waals surface area contributed by atoms with E-state index in [2.05, 4.69) is 0 Å². The maximum absolute atomic E-state index is 13.5. The van der Waals surface area contributed by atoms with Gasteiger partial charge in [0.25, 0.3) is 5.91 Å². The normalized spacial score (nSPS) is 15.5. The Bertz CT molecular complexity index is 1250. The molecule has 0 bridgehead atoms. The van der Waals surface area contributed by atoms with Gasteiger partial charge in [-0.1, -0.05) is 23.7 Å². The highest BCUT2D eigenvalue weighted by molar-refractivity contribution is 6.31. The number of fused-ring (bicyclic) bond motifs is 2. The number of carbonyl (C=O) groups is 2. The van der Waals surface area contributed by atoms with Crippen LogP contribution in [-0.4, -0.2) is 51.1 Å². The first kappa shape index (κ1) is 22.0. The Hall–Kier alpha value is -3.16. The minimum absolute atomic E-state index is 0.0593. The van der Waals surface area contributed by atoms with Crippen LogP contribution >= 0.6 is 11.6 Å². The predicted octanol–water partition coefficient (Wildman–Crippen LogP) is 2.31. The highest BCUT2D eigenvalue weighted by Gasteiger charge is 2.42. The Morgan fingerprint density at radius 2 is 1.88 bits per heavy atom. The summed E-state index contributed by atoms with van der Waals surface area (Å²) in [5.41, 5.74) is 1.45. The topological polar surface area (TPSA) is 81.3 Å². The number of nitrogens with zero attached hydrogens (tertiary/aromatic N) is 1. The number of benzene rings is 2. The largest absolute Gasteiger partial charge is 0.465 e. The van der Waals surface area contributed by atoms with Crippen LogP contribution in [0.25, 0.3) is 11.0 Å². The van der Waals surface area contributed by atoms with Crippen molar-refractivity contribution in [2.75, 3.05) is 34.3 Å². The number of halogens is 1. The number of hydrogen-bond acceptors (Lipinski definition) is 5. The van der Waals surface area contributed by atoms with Gasteiger partial charge in [0.05, 0.1) is 50.3 Å². The van der Waals surface area contributed by atoms with E-state index >= 15 is 0 Å². The van der Waals surface area contributed by atoms with Crippen LogP contribution < -0.4 is 10.3 Å². The molecule has 0 saturated carbocycles. The van der Waals surface area contributed by atoms with Gasteiger partial charge in [0.2, 0.25) is 5.76 Å². The molecule has 0 aliphatic carbocycles. The molecule has 2 heterocycles. The van der Waals surface area contributed by atoms with E-state index in [0.29, 0.717) is 33.7 Å².